The predicted octanol–water partition coefficient (Wildman–Crippen LogP) is 2.63. The summed E-state index contributed by atoms with van der Waals surface area (Å²) in [5, 5.41) is 4.31. The number of anilines is 1. The van der Waals surface area contributed by atoms with E-state index >= 15 is 0 Å². The summed E-state index contributed by atoms with van der Waals surface area (Å²) in [6, 6.07) is 0. The number of rotatable bonds is 9. The van der Waals surface area contributed by atoms with Crippen LogP contribution in [-0.2, 0) is 6.42 Å². The predicted molar refractivity (Wildman–Crippen MR) is 74.8 cm³/mol. The average molecular weight is 256 g/mol. The quantitative estimate of drug-likeness (QED) is 0.737. The number of hydrogen-bond acceptors (Lipinski definition) is 5. The van der Waals surface area contributed by atoms with Crippen molar-refractivity contribution in [1.82, 2.24) is 14.3 Å². The van der Waals surface area contributed by atoms with E-state index in [-0.39, 0.29) is 0 Å². The van der Waals surface area contributed by atoms with Gasteiger partial charge in [0.25, 0.3) is 0 Å². The van der Waals surface area contributed by atoms with Gasteiger partial charge in [0.2, 0.25) is 5.13 Å². The van der Waals surface area contributed by atoms with Gasteiger partial charge in [0.1, 0.15) is 5.82 Å². The van der Waals surface area contributed by atoms with Crippen LogP contribution in [-0.4, -0.2) is 40.4 Å². The van der Waals surface area contributed by atoms with Gasteiger partial charge < -0.3 is 10.2 Å². The molecule has 1 heterocycles. The maximum atomic E-state index is 4.45. The van der Waals surface area contributed by atoms with Gasteiger partial charge in [0.15, 0.2) is 0 Å². The third kappa shape index (κ3) is 5.46. The second-order valence-corrected chi connectivity index (χ2v) is 4.88. The first kappa shape index (κ1) is 14.4. The van der Waals surface area contributed by atoms with Crippen LogP contribution < -0.4 is 5.32 Å². The summed E-state index contributed by atoms with van der Waals surface area (Å²) in [7, 11) is 0. The molecule has 1 aromatic heterocycles. The summed E-state index contributed by atoms with van der Waals surface area (Å²) in [6.45, 7) is 10.9. The molecular weight excluding hydrogens is 232 g/mol. The molecule has 0 aromatic carbocycles. The summed E-state index contributed by atoms with van der Waals surface area (Å²) >= 11 is 1.47. The molecule has 1 rings (SSSR count). The lowest BCUT2D eigenvalue weighted by Crippen LogP contribution is -2.29. The molecule has 0 spiro atoms. The fraction of sp³-hybridized carbons (Fsp3) is 0.833. The standard InChI is InChI=1S/C12H24N4S/c1-4-7-11-14-12(17-15-11)13-8-10-16(6-3)9-5-2/h4-10H2,1-3H3,(H,13,14,15). The van der Waals surface area contributed by atoms with Gasteiger partial charge in [-0.15, -0.1) is 0 Å². The van der Waals surface area contributed by atoms with Gasteiger partial charge in [-0.3, -0.25) is 0 Å². The Hall–Kier alpha value is -0.680. The van der Waals surface area contributed by atoms with E-state index in [1.807, 2.05) is 0 Å². The molecule has 0 fully saturated rings. The van der Waals surface area contributed by atoms with Crippen LogP contribution >= 0.6 is 11.5 Å². The van der Waals surface area contributed by atoms with E-state index in [9.17, 15) is 0 Å². The van der Waals surface area contributed by atoms with Crippen LogP contribution in [0.15, 0.2) is 0 Å². The Bertz CT molecular complexity index is 300. The van der Waals surface area contributed by atoms with Crippen molar-refractivity contribution < 1.29 is 0 Å². The summed E-state index contributed by atoms with van der Waals surface area (Å²) in [5.74, 6) is 0.973. The summed E-state index contributed by atoms with van der Waals surface area (Å²) in [6.07, 6.45) is 3.30. The summed E-state index contributed by atoms with van der Waals surface area (Å²) in [5.41, 5.74) is 0. The second kappa shape index (κ2) is 8.42. The minimum atomic E-state index is 0.953. The minimum absolute atomic E-state index is 0.953. The number of likely N-dealkylation sites (N-methyl/N-ethyl adjacent to an activating group) is 1. The van der Waals surface area contributed by atoms with Crippen LogP contribution in [0.1, 0.15) is 39.4 Å². The molecule has 1 aromatic rings. The van der Waals surface area contributed by atoms with Crippen molar-refractivity contribution in [3.63, 3.8) is 0 Å². The molecule has 17 heavy (non-hydrogen) atoms. The molecule has 1 N–H and O–H groups in total. The Morgan fingerprint density at radius 1 is 1.18 bits per heavy atom. The van der Waals surface area contributed by atoms with Crippen molar-refractivity contribution in [2.45, 2.75) is 40.0 Å². The van der Waals surface area contributed by atoms with Gasteiger partial charge >= 0.3 is 0 Å². The Morgan fingerprint density at radius 3 is 2.65 bits per heavy atom. The van der Waals surface area contributed by atoms with Crippen LogP contribution in [0.5, 0.6) is 0 Å². The number of aromatic nitrogens is 2. The molecule has 0 radical (unpaired) electrons. The normalized spacial score (nSPS) is 11.1. The van der Waals surface area contributed by atoms with E-state index in [0.717, 1.165) is 43.4 Å². The highest BCUT2D eigenvalue weighted by Crippen LogP contribution is 2.11. The highest BCUT2D eigenvalue weighted by molar-refractivity contribution is 7.09. The van der Waals surface area contributed by atoms with Crippen molar-refractivity contribution in [3.8, 4) is 0 Å². The van der Waals surface area contributed by atoms with Crippen LogP contribution in [0.25, 0.3) is 0 Å². The van der Waals surface area contributed by atoms with Crippen LogP contribution in [0.3, 0.4) is 0 Å². The number of nitrogens with one attached hydrogen (secondary N) is 1. The van der Waals surface area contributed by atoms with Gasteiger partial charge in [0, 0.05) is 31.0 Å². The van der Waals surface area contributed by atoms with E-state index in [4.69, 9.17) is 0 Å². The topological polar surface area (TPSA) is 41.1 Å². The lowest BCUT2D eigenvalue weighted by molar-refractivity contribution is 0.300. The molecule has 0 unspecified atom stereocenters. The van der Waals surface area contributed by atoms with E-state index in [0.29, 0.717) is 0 Å². The highest BCUT2D eigenvalue weighted by atomic mass is 32.1. The summed E-state index contributed by atoms with van der Waals surface area (Å²) in [4.78, 5) is 6.89. The van der Waals surface area contributed by atoms with Crippen molar-refractivity contribution >= 4 is 16.7 Å². The zero-order valence-corrected chi connectivity index (χ0v) is 12.0. The van der Waals surface area contributed by atoms with Gasteiger partial charge in [-0.1, -0.05) is 20.8 Å². The molecule has 5 heteroatoms. The molecule has 0 atom stereocenters. The van der Waals surface area contributed by atoms with Crippen molar-refractivity contribution in [1.29, 1.82) is 0 Å². The first-order valence-corrected chi connectivity index (χ1v) is 7.36. The van der Waals surface area contributed by atoms with E-state index < -0.39 is 0 Å². The molecule has 0 saturated heterocycles. The maximum Gasteiger partial charge on any atom is 0.202 e. The van der Waals surface area contributed by atoms with Crippen molar-refractivity contribution in [2.75, 3.05) is 31.5 Å². The molecule has 0 aliphatic rings. The third-order valence-electron chi connectivity index (χ3n) is 2.63. The van der Waals surface area contributed by atoms with Crippen LogP contribution in [0.2, 0.25) is 0 Å². The Kier molecular flexibility index (Phi) is 7.12. The lowest BCUT2D eigenvalue weighted by atomic mass is 10.3. The fourth-order valence-corrected chi connectivity index (χ4v) is 2.35. The SMILES string of the molecule is CCCc1nsc(NCCN(CC)CCC)n1. The van der Waals surface area contributed by atoms with Crippen molar-refractivity contribution in [2.24, 2.45) is 0 Å². The van der Waals surface area contributed by atoms with Gasteiger partial charge in [-0.2, -0.15) is 4.37 Å². The monoisotopic (exact) mass is 256 g/mol. The Morgan fingerprint density at radius 2 is 2.00 bits per heavy atom. The molecule has 0 aliphatic heterocycles. The van der Waals surface area contributed by atoms with E-state index in [1.54, 1.807) is 0 Å². The van der Waals surface area contributed by atoms with Gasteiger partial charge in [-0.25, -0.2) is 4.98 Å². The zero-order chi connectivity index (χ0) is 12.5. The van der Waals surface area contributed by atoms with Crippen LogP contribution in [0, 0.1) is 0 Å². The van der Waals surface area contributed by atoms with Gasteiger partial charge in [0.05, 0.1) is 0 Å². The smallest absolute Gasteiger partial charge is 0.202 e. The Balaban J connectivity index is 2.24. The van der Waals surface area contributed by atoms with Gasteiger partial charge in [-0.05, 0) is 25.9 Å². The van der Waals surface area contributed by atoms with E-state index in [2.05, 4.69) is 40.3 Å². The highest BCUT2D eigenvalue weighted by Gasteiger charge is 2.04. The van der Waals surface area contributed by atoms with E-state index in [1.165, 1.54) is 24.5 Å². The Labute approximate surface area is 109 Å². The molecule has 4 nitrogen and oxygen atoms in total. The number of hydrogen-bond donors (Lipinski definition) is 1. The molecule has 98 valence electrons. The second-order valence-electron chi connectivity index (χ2n) is 4.13. The summed E-state index contributed by atoms with van der Waals surface area (Å²) < 4.78 is 4.31. The maximum absolute atomic E-state index is 4.45. The largest absolute Gasteiger partial charge is 0.359 e. The molecule has 0 amide bonds. The molecule has 0 aliphatic carbocycles. The minimum Gasteiger partial charge on any atom is -0.359 e. The van der Waals surface area contributed by atoms with Crippen LogP contribution in [0.4, 0.5) is 5.13 Å². The van der Waals surface area contributed by atoms with Crippen molar-refractivity contribution in [3.05, 3.63) is 5.82 Å². The third-order valence-corrected chi connectivity index (χ3v) is 3.34. The average Bonchev–Trinajstić information content (AvgIpc) is 2.76. The number of nitrogens with zero attached hydrogens (tertiary/aromatic N) is 3. The molecule has 0 bridgehead atoms. The molecule has 0 saturated carbocycles. The zero-order valence-electron chi connectivity index (χ0n) is 11.2. The number of aryl methyl sites for hydroxylation is 1. The first-order chi connectivity index (χ1) is 8.30. The lowest BCUT2D eigenvalue weighted by Gasteiger charge is -2.19. The fourth-order valence-electron chi connectivity index (χ4n) is 1.72. The first-order valence-electron chi connectivity index (χ1n) is 6.58. The molecular formula is C12H24N4S.